The van der Waals surface area contributed by atoms with Gasteiger partial charge in [0.25, 0.3) is 0 Å². The molecule has 0 aliphatic heterocycles. The number of hydrogen-bond acceptors (Lipinski definition) is 2. The van der Waals surface area contributed by atoms with E-state index >= 15 is 0 Å². The van der Waals surface area contributed by atoms with Gasteiger partial charge >= 0.3 is 0 Å². The van der Waals surface area contributed by atoms with Crippen molar-refractivity contribution in [2.24, 2.45) is 0 Å². The fourth-order valence-electron chi connectivity index (χ4n) is 2.14. The zero-order valence-electron chi connectivity index (χ0n) is 9.85. The monoisotopic (exact) mass is 236 g/mol. The van der Waals surface area contributed by atoms with Crippen molar-refractivity contribution in [3.05, 3.63) is 70.9 Å². The minimum atomic E-state index is 0.0257. The average Bonchev–Trinajstić information content (AvgIpc) is 2.40. The molecule has 18 heavy (non-hydrogen) atoms. The molecule has 0 saturated heterocycles. The Morgan fingerprint density at radius 2 is 1.83 bits per heavy atom. The zero-order chi connectivity index (χ0) is 12.5. The van der Waals surface area contributed by atoms with E-state index in [2.05, 4.69) is 6.58 Å². The summed E-state index contributed by atoms with van der Waals surface area (Å²) in [6, 6.07) is 13.0. The van der Waals surface area contributed by atoms with Gasteiger partial charge in [-0.25, -0.2) is 0 Å². The maximum Gasteiger partial charge on any atom is 0.200 e. The first-order chi connectivity index (χ1) is 8.79. The van der Waals surface area contributed by atoms with Crippen LogP contribution in [0.15, 0.2) is 64.3 Å². The second-order valence-corrected chi connectivity index (χ2v) is 4.25. The molecule has 0 aliphatic rings. The molecule has 0 N–H and O–H groups in total. The third kappa shape index (κ3) is 1.63. The molecule has 88 valence electrons. The lowest BCUT2D eigenvalue weighted by molar-refractivity contribution is 0.660. The number of rotatable bonds is 2. The molecular weight excluding hydrogens is 224 g/mol. The van der Waals surface area contributed by atoms with Crippen molar-refractivity contribution in [3.63, 3.8) is 0 Å². The van der Waals surface area contributed by atoms with Crippen molar-refractivity contribution < 1.29 is 4.42 Å². The van der Waals surface area contributed by atoms with Gasteiger partial charge in [-0.1, -0.05) is 24.3 Å². The third-order valence-electron chi connectivity index (χ3n) is 3.02. The van der Waals surface area contributed by atoms with Crippen LogP contribution in [0, 0.1) is 0 Å². The van der Waals surface area contributed by atoms with E-state index in [0.29, 0.717) is 21.9 Å². The van der Waals surface area contributed by atoms with Crippen molar-refractivity contribution in [1.29, 1.82) is 0 Å². The van der Waals surface area contributed by atoms with Crippen LogP contribution in [0.25, 0.3) is 21.9 Å². The van der Waals surface area contributed by atoms with E-state index in [-0.39, 0.29) is 5.43 Å². The molecule has 2 heteroatoms. The number of allylic oxidation sites excluding steroid dienone is 1. The van der Waals surface area contributed by atoms with Crippen LogP contribution in [0.4, 0.5) is 0 Å². The molecule has 3 rings (SSSR count). The highest BCUT2D eigenvalue weighted by Gasteiger charge is 2.07. The number of fused-ring (bicyclic) bond motifs is 2. The molecule has 1 aromatic heterocycles. The average molecular weight is 236 g/mol. The van der Waals surface area contributed by atoms with Crippen molar-refractivity contribution in [1.82, 2.24) is 0 Å². The molecule has 0 bridgehead atoms. The quantitative estimate of drug-likeness (QED) is 0.502. The Morgan fingerprint density at radius 3 is 2.67 bits per heavy atom. The molecule has 0 atom stereocenters. The SMILES string of the molecule is C=CCc1ccc2oc3ccccc3c(=O)c2c1. The van der Waals surface area contributed by atoms with Crippen LogP contribution in [0.1, 0.15) is 5.56 Å². The van der Waals surface area contributed by atoms with Crippen molar-refractivity contribution >= 4 is 21.9 Å². The van der Waals surface area contributed by atoms with Crippen LogP contribution in [0.5, 0.6) is 0 Å². The van der Waals surface area contributed by atoms with Crippen LogP contribution >= 0.6 is 0 Å². The van der Waals surface area contributed by atoms with Crippen molar-refractivity contribution in [2.45, 2.75) is 6.42 Å². The Balaban J connectivity index is 2.41. The molecule has 0 amide bonds. The van der Waals surface area contributed by atoms with Gasteiger partial charge in [-0.3, -0.25) is 4.79 Å². The first-order valence-electron chi connectivity index (χ1n) is 5.85. The fourth-order valence-corrected chi connectivity index (χ4v) is 2.14. The molecule has 2 nitrogen and oxygen atoms in total. The van der Waals surface area contributed by atoms with Crippen molar-refractivity contribution in [2.75, 3.05) is 0 Å². The van der Waals surface area contributed by atoms with Gasteiger partial charge < -0.3 is 4.42 Å². The summed E-state index contributed by atoms with van der Waals surface area (Å²) >= 11 is 0. The summed E-state index contributed by atoms with van der Waals surface area (Å²) in [4.78, 5) is 12.4. The summed E-state index contributed by atoms with van der Waals surface area (Å²) < 4.78 is 5.73. The summed E-state index contributed by atoms with van der Waals surface area (Å²) in [5, 5.41) is 1.26. The van der Waals surface area contributed by atoms with Gasteiger partial charge in [0, 0.05) is 0 Å². The smallest absolute Gasteiger partial charge is 0.200 e. The maximum absolute atomic E-state index is 12.4. The standard InChI is InChI=1S/C16H12O2/c1-2-5-11-8-9-15-13(10-11)16(17)12-6-3-4-7-14(12)18-15/h2-4,6-10H,1,5H2. The normalized spacial score (nSPS) is 10.9. The first-order valence-corrected chi connectivity index (χ1v) is 5.85. The molecule has 0 radical (unpaired) electrons. The van der Waals surface area contributed by atoms with Crippen LogP contribution in [0.3, 0.4) is 0 Å². The zero-order valence-corrected chi connectivity index (χ0v) is 9.85. The fraction of sp³-hybridized carbons (Fsp3) is 0.0625. The second-order valence-electron chi connectivity index (χ2n) is 4.25. The lowest BCUT2D eigenvalue weighted by Crippen LogP contribution is -2.02. The van der Waals surface area contributed by atoms with Gasteiger partial charge in [0.1, 0.15) is 11.2 Å². The Bertz CT molecular complexity index is 797. The van der Waals surface area contributed by atoms with E-state index < -0.39 is 0 Å². The van der Waals surface area contributed by atoms with E-state index in [1.54, 1.807) is 6.07 Å². The van der Waals surface area contributed by atoms with Gasteiger partial charge in [-0.2, -0.15) is 0 Å². The van der Waals surface area contributed by atoms with E-state index in [9.17, 15) is 4.79 Å². The maximum atomic E-state index is 12.4. The molecule has 0 spiro atoms. The Labute approximate surface area is 104 Å². The number of para-hydroxylation sites is 1. The lowest BCUT2D eigenvalue weighted by atomic mass is 10.1. The molecule has 0 fully saturated rings. The van der Waals surface area contributed by atoms with Crippen LogP contribution in [-0.4, -0.2) is 0 Å². The summed E-state index contributed by atoms with van der Waals surface area (Å²) in [5.41, 5.74) is 2.36. The number of benzene rings is 2. The van der Waals surface area contributed by atoms with Crippen LogP contribution in [-0.2, 0) is 6.42 Å². The predicted molar refractivity (Wildman–Crippen MR) is 73.9 cm³/mol. The summed E-state index contributed by atoms with van der Waals surface area (Å²) in [5.74, 6) is 0. The van der Waals surface area contributed by atoms with E-state index in [1.165, 1.54) is 0 Å². The Hall–Kier alpha value is -2.35. The number of hydrogen-bond donors (Lipinski definition) is 0. The molecule has 0 saturated carbocycles. The third-order valence-corrected chi connectivity index (χ3v) is 3.02. The van der Waals surface area contributed by atoms with Gasteiger partial charge in [-0.15, -0.1) is 6.58 Å². The largest absolute Gasteiger partial charge is 0.456 e. The Morgan fingerprint density at radius 1 is 1.06 bits per heavy atom. The van der Waals surface area contributed by atoms with Crippen LogP contribution < -0.4 is 5.43 Å². The molecule has 0 aliphatic carbocycles. The molecule has 1 heterocycles. The Kier molecular flexibility index (Phi) is 2.49. The highest BCUT2D eigenvalue weighted by Crippen LogP contribution is 2.19. The van der Waals surface area contributed by atoms with E-state index in [4.69, 9.17) is 4.42 Å². The topological polar surface area (TPSA) is 30.2 Å². The van der Waals surface area contributed by atoms with Gasteiger partial charge in [-0.05, 0) is 36.2 Å². The molecule has 2 aromatic carbocycles. The molecule has 0 unspecified atom stereocenters. The second kappa shape index (κ2) is 4.15. The highest BCUT2D eigenvalue weighted by molar-refractivity contribution is 5.89. The lowest BCUT2D eigenvalue weighted by Gasteiger charge is -2.02. The minimum absolute atomic E-state index is 0.0257. The van der Waals surface area contributed by atoms with Gasteiger partial charge in [0.05, 0.1) is 10.8 Å². The summed E-state index contributed by atoms with van der Waals surface area (Å²) in [7, 11) is 0. The van der Waals surface area contributed by atoms with Gasteiger partial charge in [0.2, 0.25) is 5.43 Å². The molecular formula is C16H12O2. The van der Waals surface area contributed by atoms with E-state index in [0.717, 1.165) is 12.0 Å². The van der Waals surface area contributed by atoms with Crippen molar-refractivity contribution in [3.8, 4) is 0 Å². The van der Waals surface area contributed by atoms with Gasteiger partial charge in [0.15, 0.2) is 0 Å². The summed E-state index contributed by atoms with van der Waals surface area (Å²) in [6.45, 7) is 3.71. The van der Waals surface area contributed by atoms with E-state index in [1.807, 2.05) is 42.5 Å². The van der Waals surface area contributed by atoms with Crippen LogP contribution in [0.2, 0.25) is 0 Å². The summed E-state index contributed by atoms with van der Waals surface area (Å²) in [6.07, 6.45) is 2.58. The first kappa shape index (κ1) is 10.8. The molecule has 3 aromatic rings. The predicted octanol–water partition coefficient (Wildman–Crippen LogP) is 3.67. The highest BCUT2D eigenvalue weighted by atomic mass is 16.3. The minimum Gasteiger partial charge on any atom is -0.456 e.